The Hall–Kier alpha value is -3.44. The van der Waals surface area contributed by atoms with Gasteiger partial charge in [0, 0.05) is 12.8 Å². The van der Waals surface area contributed by atoms with Crippen molar-refractivity contribution in [3.63, 3.8) is 0 Å². The second-order valence-electron chi connectivity index (χ2n) is 24.3. The number of hydrogen-bond acceptors (Lipinski definition) is 5. The summed E-state index contributed by atoms with van der Waals surface area (Å²) in [5.41, 5.74) is 0. The van der Waals surface area contributed by atoms with Gasteiger partial charge in [-0.15, -0.1) is 0 Å². The number of rotatable bonds is 67. The highest BCUT2D eigenvalue weighted by Crippen LogP contribution is 2.18. The summed E-state index contributed by atoms with van der Waals surface area (Å²) in [7, 11) is 0. The fraction of sp³-hybridized carbons (Fsp3) is 0.747. The van der Waals surface area contributed by atoms with Crippen molar-refractivity contribution in [1.82, 2.24) is 0 Å². The molecular weight excluding hydrogens is 1030 g/mol. The Labute approximate surface area is 522 Å². The van der Waals surface area contributed by atoms with E-state index >= 15 is 0 Å². The lowest BCUT2D eigenvalue weighted by Crippen LogP contribution is -2.28. The molecule has 0 aliphatic heterocycles. The Morgan fingerprint density at radius 2 is 0.512 bits per heavy atom. The van der Waals surface area contributed by atoms with Crippen LogP contribution in [0, 0.1) is 0 Å². The molecule has 0 aliphatic rings. The second-order valence-corrected chi connectivity index (χ2v) is 24.3. The third kappa shape index (κ3) is 71.0. The second kappa shape index (κ2) is 73.8. The van der Waals surface area contributed by atoms with Gasteiger partial charge < -0.3 is 14.6 Å². The average molecular weight is 1170 g/mol. The van der Waals surface area contributed by atoms with Crippen LogP contribution in [0.5, 0.6) is 0 Å². The van der Waals surface area contributed by atoms with Crippen LogP contribution in [-0.4, -0.2) is 36.4 Å². The van der Waals surface area contributed by atoms with Crippen LogP contribution in [0.15, 0.2) is 109 Å². The first-order valence-electron chi connectivity index (χ1n) is 36.4. The highest BCUT2D eigenvalue weighted by atomic mass is 16.6. The maximum absolute atomic E-state index is 12.4. The number of allylic oxidation sites excluding steroid dienone is 18. The predicted octanol–water partition coefficient (Wildman–Crippen LogP) is 25.5. The molecule has 5 heteroatoms. The van der Waals surface area contributed by atoms with Crippen LogP contribution < -0.4 is 0 Å². The molecule has 1 unspecified atom stereocenters. The van der Waals surface area contributed by atoms with Crippen molar-refractivity contribution in [2.24, 2.45) is 0 Å². The maximum atomic E-state index is 12.4. The molecule has 1 atom stereocenters. The van der Waals surface area contributed by atoms with Gasteiger partial charge in [0.15, 0.2) is 6.10 Å². The SMILES string of the molecule is CC/C=C\C/C=C\C/C=C\C/C=C\C/C=C\C/C=C\C/C=C\CCCCCCCCCCCCCCCC(=O)OC(CO)COC(=O)CCCCCCCCCCCCCCCCCCCCCCCCC/C=C\C/C=C\CCCCCCC. The van der Waals surface area contributed by atoms with E-state index in [1.54, 1.807) is 0 Å². The summed E-state index contributed by atoms with van der Waals surface area (Å²) < 4.78 is 10.8. The molecule has 0 amide bonds. The van der Waals surface area contributed by atoms with E-state index in [0.717, 1.165) is 89.9 Å². The summed E-state index contributed by atoms with van der Waals surface area (Å²) in [6.07, 6.45) is 107. The van der Waals surface area contributed by atoms with E-state index < -0.39 is 6.10 Å². The van der Waals surface area contributed by atoms with E-state index in [9.17, 15) is 14.7 Å². The van der Waals surface area contributed by atoms with Crippen molar-refractivity contribution in [3.8, 4) is 0 Å². The molecule has 0 aromatic heterocycles. The zero-order valence-corrected chi connectivity index (χ0v) is 55.6. The molecule has 0 aromatic rings. The zero-order valence-electron chi connectivity index (χ0n) is 55.6. The third-order valence-electron chi connectivity index (χ3n) is 16.1. The lowest BCUT2D eigenvalue weighted by molar-refractivity contribution is -0.161. The van der Waals surface area contributed by atoms with Crippen molar-refractivity contribution in [1.29, 1.82) is 0 Å². The van der Waals surface area contributed by atoms with Gasteiger partial charge in [-0.2, -0.15) is 0 Å². The average Bonchev–Trinajstić information content (AvgIpc) is 3.51. The fourth-order valence-electron chi connectivity index (χ4n) is 10.6. The van der Waals surface area contributed by atoms with Crippen LogP contribution >= 0.6 is 0 Å². The predicted molar refractivity (Wildman–Crippen MR) is 371 cm³/mol. The first-order chi connectivity index (χ1) is 41.6. The van der Waals surface area contributed by atoms with E-state index in [2.05, 4.69) is 123 Å². The first-order valence-corrected chi connectivity index (χ1v) is 36.4. The van der Waals surface area contributed by atoms with Crippen molar-refractivity contribution < 1.29 is 24.2 Å². The van der Waals surface area contributed by atoms with Crippen LogP contribution in [0.2, 0.25) is 0 Å². The van der Waals surface area contributed by atoms with E-state index in [1.165, 1.54) is 244 Å². The normalized spacial score (nSPS) is 12.8. The maximum Gasteiger partial charge on any atom is 0.306 e. The molecule has 5 nitrogen and oxygen atoms in total. The Morgan fingerprint density at radius 3 is 0.774 bits per heavy atom. The molecule has 0 fully saturated rings. The van der Waals surface area contributed by atoms with Gasteiger partial charge in [-0.05, 0) is 103 Å². The molecule has 0 spiro atoms. The minimum atomic E-state index is -0.778. The van der Waals surface area contributed by atoms with Crippen LogP contribution in [-0.2, 0) is 19.1 Å². The largest absolute Gasteiger partial charge is 0.462 e. The monoisotopic (exact) mass is 1170 g/mol. The van der Waals surface area contributed by atoms with Crippen molar-refractivity contribution >= 4 is 11.9 Å². The molecule has 0 radical (unpaired) electrons. The van der Waals surface area contributed by atoms with Crippen molar-refractivity contribution in [2.45, 2.75) is 367 Å². The molecular formula is C79H138O5. The van der Waals surface area contributed by atoms with E-state index in [1.807, 2.05) is 0 Å². The van der Waals surface area contributed by atoms with Crippen LogP contribution in [0.4, 0.5) is 0 Å². The van der Waals surface area contributed by atoms with Crippen molar-refractivity contribution in [3.05, 3.63) is 109 Å². The Balaban J connectivity index is 3.45. The topological polar surface area (TPSA) is 72.8 Å². The van der Waals surface area contributed by atoms with E-state index in [4.69, 9.17) is 9.47 Å². The molecule has 484 valence electrons. The summed E-state index contributed by atoms with van der Waals surface area (Å²) in [4.78, 5) is 24.7. The Kier molecular flexibility index (Phi) is 70.8. The minimum Gasteiger partial charge on any atom is -0.462 e. The van der Waals surface area contributed by atoms with Gasteiger partial charge in [0.2, 0.25) is 0 Å². The lowest BCUT2D eigenvalue weighted by atomic mass is 10.0. The number of carbonyl (C=O) groups is 2. The number of hydrogen-bond donors (Lipinski definition) is 1. The molecule has 0 rings (SSSR count). The molecule has 0 aromatic carbocycles. The van der Waals surface area contributed by atoms with Gasteiger partial charge in [-0.25, -0.2) is 0 Å². The number of esters is 2. The number of aliphatic hydroxyl groups excluding tert-OH is 1. The van der Waals surface area contributed by atoms with E-state index in [0.29, 0.717) is 12.8 Å². The van der Waals surface area contributed by atoms with Gasteiger partial charge in [0.1, 0.15) is 6.61 Å². The molecule has 0 saturated heterocycles. The number of aliphatic hydroxyl groups is 1. The number of carbonyl (C=O) groups excluding carboxylic acids is 2. The summed E-state index contributed by atoms with van der Waals surface area (Å²) in [5.74, 6) is -0.579. The molecule has 0 bridgehead atoms. The minimum absolute atomic E-state index is 0.0664. The molecule has 1 N–H and O–H groups in total. The first kappa shape index (κ1) is 80.6. The molecule has 84 heavy (non-hydrogen) atoms. The van der Waals surface area contributed by atoms with Gasteiger partial charge in [0.25, 0.3) is 0 Å². The third-order valence-corrected chi connectivity index (χ3v) is 16.1. The number of ether oxygens (including phenoxy) is 2. The van der Waals surface area contributed by atoms with Crippen molar-refractivity contribution in [2.75, 3.05) is 13.2 Å². The zero-order chi connectivity index (χ0) is 60.5. The van der Waals surface area contributed by atoms with Gasteiger partial charge >= 0.3 is 11.9 Å². The number of unbranched alkanes of at least 4 members (excludes halogenated alkanes) is 41. The van der Waals surface area contributed by atoms with E-state index in [-0.39, 0.29) is 25.2 Å². The van der Waals surface area contributed by atoms with Crippen LogP contribution in [0.1, 0.15) is 361 Å². The van der Waals surface area contributed by atoms with Gasteiger partial charge in [0.05, 0.1) is 6.61 Å². The highest BCUT2D eigenvalue weighted by Gasteiger charge is 2.16. The quantitative estimate of drug-likeness (QED) is 0.0373. The van der Waals surface area contributed by atoms with Crippen LogP contribution in [0.25, 0.3) is 0 Å². The molecule has 0 aliphatic carbocycles. The lowest BCUT2D eigenvalue weighted by Gasteiger charge is -2.15. The summed E-state index contributed by atoms with van der Waals surface area (Å²) in [6.45, 7) is 4.05. The summed E-state index contributed by atoms with van der Waals surface area (Å²) in [5, 5.41) is 9.71. The van der Waals surface area contributed by atoms with Gasteiger partial charge in [-0.1, -0.05) is 354 Å². The fourth-order valence-corrected chi connectivity index (χ4v) is 10.6. The smallest absolute Gasteiger partial charge is 0.306 e. The Bertz CT molecular complexity index is 1610. The summed E-state index contributed by atoms with van der Waals surface area (Å²) >= 11 is 0. The molecule has 0 saturated carbocycles. The Morgan fingerprint density at radius 1 is 0.286 bits per heavy atom. The summed E-state index contributed by atoms with van der Waals surface area (Å²) in [6, 6.07) is 0. The van der Waals surface area contributed by atoms with Gasteiger partial charge in [-0.3, -0.25) is 9.59 Å². The standard InChI is InChI=1S/C79H138O5/c1-3-5-7-9-11-13-15-17-19-21-23-25-27-29-31-33-35-37-39-41-43-45-47-49-51-53-55-57-59-61-63-65-67-69-71-73-78(81)83-76-77(75-80)84-79(82)74-72-70-68-66-64-62-60-58-56-54-52-50-48-46-44-42-40-38-36-34-32-30-28-26-24-22-20-18-16-14-12-10-8-6-4-2/h6,8,12,14-15,17-18,20-21,23-24,26,30,32,36,38,42,44,77,80H,3-5,7,9-11,13,16,19,22,25,27-29,31,33-35,37,39-41,43,45-76H2,1-2H3/b8-6-,14-12-,17-15-,20-18-,23-21-,26-24-,32-30-,38-36-,44-42-. The van der Waals surface area contributed by atoms with Crippen LogP contribution in [0.3, 0.4) is 0 Å². The molecule has 0 heterocycles. The highest BCUT2D eigenvalue weighted by molar-refractivity contribution is 5.70.